The van der Waals surface area contributed by atoms with Crippen LogP contribution in [0.2, 0.25) is 0 Å². The van der Waals surface area contributed by atoms with Crippen LogP contribution in [-0.2, 0) is 6.54 Å². The Bertz CT molecular complexity index is 795. The van der Waals surface area contributed by atoms with Crippen LogP contribution in [-0.4, -0.2) is 15.7 Å². The number of guanidine groups is 1. The fourth-order valence-corrected chi connectivity index (χ4v) is 2.26. The summed E-state index contributed by atoms with van der Waals surface area (Å²) in [7, 11) is 0. The van der Waals surface area contributed by atoms with E-state index in [0.717, 1.165) is 16.9 Å². The second kappa shape index (κ2) is 8.49. The standard InChI is InChI=1S/C18H19N5.HI/c1-14-4-2-5-16(12-14)22-18(19)20-13-15-6-8-17(9-7-15)23-11-3-10-21-23;/h2-12H,13H2,1H3,(H3,19,20,22);1H. The van der Waals surface area contributed by atoms with Gasteiger partial charge in [0.05, 0.1) is 12.2 Å². The molecule has 5 nitrogen and oxygen atoms in total. The van der Waals surface area contributed by atoms with Crippen molar-refractivity contribution in [3.05, 3.63) is 78.1 Å². The van der Waals surface area contributed by atoms with Crippen molar-refractivity contribution in [2.75, 3.05) is 5.32 Å². The Labute approximate surface area is 158 Å². The first-order valence-corrected chi connectivity index (χ1v) is 7.43. The molecule has 0 saturated carbocycles. The minimum absolute atomic E-state index is 0. The number of hydrogen-bond acceptors (Lipinski definition) is 2. The minimum Gasteiger partial charge on any atom is -0.370 e. The van der Waals surface area contributed by atoms with Gasteiger partial charge in [0.15, 0.2) is 5.96 Å². The lowest BCUT2D eigenvalue weighted by molar-refractivity contribution is 0.878. The summed E-state index contributed by atoms with van der Waals surface area (Å²) < 4.78 is 1.82. The predicted molar refractivity (Wildman–Crippen MR) is 109 cm³/mol. The van der Waals surface area contributed by atoms with Crippen LogP contribution < -0.4 is 11.1 Å². The van der Waals surface area contributed by atoms with Crippen molar-refractivity contribution < 1.29 is 0 Å². The fourth-order valence-electron chi connectivity index (χ4n) is 2.26. The number of hydrogen-bond donors (Lipinski definition) is 2. The second-order valence-corrected chi connectivity index (χ2v) is 5.31. The van der Waals surface area contributed by atoms with E-state index in [1.807, 2.05) is 72.4 Å². The Morgan fingerprint density at radius 1 is 1.17 bits per heavy atom. The molecular formula is C18H20IN5. The summed E-state index contributed by atoms with van der Waals surface area (Å²) in [6.07, 6.45) is 3.67. The summed E-state index contributed by atoms with van der Waals surface area (Å²) in [5.74, 6) is 0.409. The Balaban J connectivity index is 0.00000208. The summed E-state index contributed by atoms with van der Waals surface area (Å²) in [6, 6.07) is 18.0. The number of benzene rings is 2. The molecule has 3 N–H and O–H groups in total. The molecule has 3 aromatic rings. The largest absolute Gasteiger partial charge is 0.370 e. The molecule has 0 aliphatic rings. The zero-order valence-corrected chi connectivity index (χ0v) is 15.7. The third-order valence-electron chi connectivity index (χ3n) is 3.43. The highest BCUT2D eigenvalue weighted by Gasteiger charge is 1.98. The monoisotopic (exact) mass is 433 g/mol. The number of nitrogens with one attached hydrogen (secondary N) is 1. The van der Waals surface area contributed by atoms with Gasteiger partial charge in [0.1, 0.15) is 0 Å². The third-order valence-corrected chi connectivity index (χ3v) is 3.43. The van der Waals surface area contributed by atoms with E-state index < -0.39 is 0 Å². The average Bonchev–Trinajstić information content (AvgIpc) is 3.08. The van der Waals surface area contributed by atoms with E-state index in [0.29, 0.717) is 12.5 Å². The van der Waals surface area contributed by atoms with Crippen LogP contribution in [0.1, 0.15) is 11.1 Å². The molecule has 3 rings (SSSR count). The van der Waals surface area contributed by atoms with Gasteiger partial charge in [-0.3, -0.25) is 0 Å². The summed E-state index contributed by atoms with van der Waals surface area (Å²) in [5.41, 5.74) is 10.2. The maximum absolute atomic E-state index is 5.94. The van der Waals surface area contributed by atoms with E-state index in [1.54, 1.807) is 6.20 Å². The average molecular weight is 433 g/mol. The molecule has 1 heterocycles. The predicted octanol–water partition coefficient (Wildman–Crippen LogP) is 3.73. The number of nitrogens with two attached hydrogens (primary N) is 1. The summed E-state index contributed by atoms with van der Waals surface area (Å²) >= 11 is 0. The first-order chi connectivity index (χ1) is 11.2. The van der Waals surface area contributed by atoms with Crippen LogP contribution in [0.15, 0.2) is 72.0 Å². The van der Waals surface area contributed by atoms with Gasteiger partial charge in [0.25, 0.3) is 0 Å². The van der Waals surface area contributed by atoms with E-state index in [1.165, 1.54) is 5.56 Å². The number of aryl methyl sites for hydroxylation is 1. The van der Waals surface area contributed by atoms with Gasteiger partial charge in [-0.1, -0.05) is 24.3 Å². The van der Waals surface area contributed by atoms with E-state index in [4.69, 9.17) is 5.73 Å². The molecule has 0 bridgehead atoms. The van der Waals surface area contributed by atoms with Crippen LogP contribution in [0.3, 0.4) is 0 Å². The lowest BCUT2D eigenvalue weighted by Gasteiger charge is -2.07. The van der Waals surface area contributed by atoms with Crippen molar-refractivity contribution in [3.8, 4) is 5.69 Å². The van der Waals surface area contributed by atoms with Gasteiger partial charge in [0, 0.05) is 18.1 Å². The zero-order valence-electron chi connectivity index (χ0n) is 13.4. The molecule has 0 amide bonds. The van der Waals surface area contributed by atoms with Crippen molar-refractivity contribution in [1.82, 2.24) is 9.78 Å². The van der Waals surface area contributed by atoms with Gasteiger partial charge in [-0.05, 0) is 48.4 Å². The number of halogens is 1. The highest BCUT2D eigenvalue weighted by molar-refractivity contribution is 14.0. The number of rotatable bonds is 4. The number of nitrogens with zero attached hydrogens (tertiary/aromatic N) is 3. The van der Waals surface area contributed by atoms with Crippen molar-refractivity contribution in [1.29, 1.82) is 0 Å². The highest BCUT2D eigenvalue weighted by Crippen LogP contribution is 2.11. The molecule has 24 heavy (non-hydrogen) atoms. The first-order valence-electron chi connectivity index (χ1n) is 7.43. The van der Waals surface area contributed by atoms with Gasteiger partial charge in [-0.2, -0.15) is 5.10 Å². The first kappa shape index (κ1) is 18.0. The van der Waals surface area contributed by atoms with Crippen LogP contribution in [0.25, 0.3) is 5.69 Å². The van der Waals surface area contributed by atoms with Gasteiger partial charge in [0.2, 0.25) is 0 Å². The molecular weight excluding hydrogens is 413 g/mol. The van der Waals surface area contributed by atoms with Gasteiger partial charge >= 0.3 is 0 Å². The SMILES string of the molecule is Cc1cccc(NC(N)=NCc2ccc(-n3cccn3)cc2)c1.I. The maximum Gasteiger partial charge on any atom is 0.193 e. The molecule has 0 aliphatic heterocycles. The van der Waals surface area contributed by atoms with Crippen LogP contribution in [0.4, 0.5) is 5.69 Å². The molecule has 0 saturated heterocycles. The van der Waals surface area contributed by atoms with E-state index in [9.17, 15) is 0 Å². The Kier molecular flexibility index (Phi) is 6.36. The van der Waals surface area contributed by atoms with Crippen molar-refractivity contribution >= 4 is 35.6 Å². The summed E-state index contributed by atoms with van der Waals surface area (Å²) in [4.78, 5) is 4.37. The molecule has 6 heteroatoms. The number of aliphatic imine (C=N–C) groups is 1. The van der Waals surface area contributed by atoms with Gasteiger partial charge < -0.3 is 11.1 Å². The maximum atomic E-state index is 5.94. The molecule has 0 spiro atoms. The molecule has 1 aromatic heterocycles. The highest BCUT2D eigenvalue weighted by atomic mass is 127. The minimum atomic E-state index is 0. The fraction of sp³-hybridized carbons (Fsp3) is 0.111. The molecule has 0 fully saturated rings. The Morgan fingerprint density at radius 3 is 2.62 bits per heavy atom. The molecule has 2 aromatic carbocycles. The van der Waals surface area contributed by atoms with Crippen LogP contribution in [0.5, 0.6) is 0 Å². The number of aromatic nitrogens is 2. The Hall–Kier alpha value is -2.35. The molecule has 124 valence electrons. The van der Waals surface area contributed by atoms with Crippen LogP contribution in [0, 0.1) is 6.92 Å². The molecule has 0 aliphatic carbocycles. The second-order valence-electron chi connectivity index (χ2n) is 5.31. The molecule has 0 unspecified atom stereocenters. The topological polar surface area (TPSA) is 68.2 Å². The van der Waals surface area contributed by atoms with Crippen molar-refractivity contribution in [3.63, 3.8) is 0 Å². The van der Waals surface area contributed by atoms with Crippen molar-refractivity contribution in [2.45, 2.75) is 13.5 Å². The summed E-state index contributed by atoms with van der Waals surface area (Å²) in [6.45, 7) is 2.57. The van der Waals surface area contributed by atoms with Gasteiger partial charge in [-0.15, -0.1) is 24.0 Å². The van der Waals surface area contributed by atoms with E-state index in [-0.39, 0.29) is 24.0 Å². The van der Waals surface area contributed by atoms with Crippen molar-refractivity contribution in [2.24, 2.45) is 10.7 Å². The Morgan fingerprint density at radius 2 is 1.96 bits per heavy atom. The van der Waals surface area contributed by atoms with E-state index >= 15 is 0 Å². The lowest BCUT2D eigenvalue weighted by atomic mass is 10.2. The van der Waals surface area contributed by atoms with E-state index in [2.05, 4.69) is 15.4 Å². The zero-order chi connectivity index (χ0) is 16.1. The molecule has 0 atom stereocenters. The third kappa shape index (κ3) is 4.82. The number of anilines is 1. The quantitative estimate of drug-likeness (QED) is 0.375. The molecule has 0 radical (unpaired) electrons. The normalized spacial score (nSPS) is 11.0. The lowest BCUT2D eigenvalue weighted by Crippen LogP contribution is -2.22. The van der Waals surface area contributed by atoms with Gasteiger partial charge in [-0.25, -0.2) is 9.67 Å². The smallest absolute Gasteiger partial charge is 0.193 e. The van der Waals surface area contributed by atoms with Crippen LogP contribution >= 0.6 is 24.0 Å². The summed E-state index contributed by atoms with van der Waals surface area (Å²) in [5, 5.41) is 7.30.